The number of hydrogen-bond acceptors (Lipinski definition) is 1. The maximum absolute atomic E-state index is 13.4. The van der Waals surface area contributed by atoms with E-state index in [0.29, 0.717) is 6.20 Å². The minimum absolute atomic E-state index is 0.103. The van der Waals surface area contributed by atoms with E-state index in [9.17, 15) is 17.6 Å². The molecule has 1 nitrogen and oxygen atoms in total. The van der Waals surface area contributed by atoms with Gasteiger partial charge in [0, 0.05) is 23.5 Å². The van der Waals surface area contributed by atoms with Crippen molar-refractivity contribution in [3.63, 3.8) is 0 Å². The Hall–Kier alpha value is -1.91. The summed E-state index contributed by atoms with van der Waals surface area (Å²) in [6, 6.07) is 6.51. The van der Waals surface area contributed by atoms with Gasteiger partial charge in [-0.05, 0) is 12.1 Å². The summed E-state index contributed by atoms with van der Waals surface area (Å²) >= 11 is 0. The predicted octanol–water partition coefficient (Wildman–Crippen LogP) is 3.91. The molecule has 0 radical (unpaired) electrons. The van der Waals surface area contributed by atoms with Gasteiger partial charge in [0.25, 0.3) is 0 Å². The van der Waals surface area contributed by atoms with Crippen molar-refractivity contribution in [1.82, 2.24) is 4.98 Å². The van der Waals surface area contributed by atoms with Crippen LogP contribution in [0.3, 0.4) is 0 Å². The fourth-order valence-electron chi connectivity index (χ4n) is 1.44. The number of benzene rings is 1. The zero-order valence-corrected chi connectivity index (χ0v) is 8.50. The second-order valence-corrected chi connectivity index (χ2v) is 3.44. The lowest BCUT2D eigenvalue weighted by molar-refractivity contribution is -0.137. The van der Waals surface area contributed by atoms with Gasteiger partial charge >= 0.3 is 6.18 Å². The van der Waals surface area contributed by atoms with Gasteiger partial charge in [-0.25, -0.2) is 4.39 Å². The van der Waals surface area contributed by atoms with Crippen molar-refractivity contribution in [3.8, 4) is 11.1 Å². The molecule has 0 bridgehead atoms. The predicted molar refractivity (Wildman–Crippen MR) is 54.6 cm³/mol. The maximum Gasteiger partial charge on any atom is 0.417 e. The normalized spacial score (nSPS) is 11.5. The lowest BCUT2D eigenvalue weighted by Gasteiger charge is -2.08. The first-order valence-corrected chi connectivity index (χ1v) is 4.75. The maximum atomic E-state index is 13.4. The lowest BCUT2D eigenvalue weighted by atomic mass is 10.1. The van der Waals surface area contributed by atoms with Crippen LogP contribution in [0.15, 0.2) is 42.7 Å². The second kappa shape index (κ2) is 4.16. The summed E-state index contributed by atoms with van der Waals surface area (Å²) in [7, 11) is 0. The van der Waals surface area contributed by atoms with Gasteiger partial charge < -0.3 is 0 Å². The molecule has 0 amide bonds. The van der Waals surface area contributed by atoms with Crippen LogP contribution in [0.25, 0.3) is 11.1 Å². The number of rotatable bonds is 1. The average Bonchev–Trinajstić information content (AvgIpc) is 2.29. The SMILES string of the molecule is Fc1ccccc1-c1cncc(C(F)(F)F)c1. The number of hydrogen-bond donors (Lipinski definition) is 0. The van der Waals surface area contributed by atoms with E-state index in [1.54, 1.807) is 6.07 Å². The summed E-state index contributed by atoms with van der Waals surface area (Å²) in [5, 5.41) is 0. The molecule has 0 fully saturated rings. The molecule has 0 spiro atoms. The number of alkyl halides is 3. The molecule has 0 aliphatic carbocycles. The molecule has 1 aromatic carbocycles. The van der Waals surface area contributed by atoms with Gasteiger partial charge in [-0.1, -0.05) is 18.2 Å². The Morgan fingerprint density at radius 2 is 1.71 bits per heavy atom. The van der Waals surface area contributed by atoms with E-state index < -0.39 is 17.6 Å². The molecule has 0 saturated carbocycles. The molecule has 2 aromatic rings. The van der Waals surface area contributed by atoms with Crippen LogP contribution in [0.2, 0.25) is 0 Å². The number of halogens is 4. The number of nitrogens with zero attached hydrogens (tertiary/aromatic N) is 1. The highest BCUT2D eigenvalue weighted by Crippen LogP contribution is 2.31. The molecule has 1 aromatic heterocycles. The standard InChI is InChI=1S/C12H7F4N/c13-11-4-2-1-3-10(11)8-5-9(7-17-6-8)12(14,15)16/h1-7H. The van der Waals surface area contributed by atoms with Gasteiger partial charge in [0.1, 0.15) is 5.82 Å². The fraction of sp³-hybridized carbons (Fsp3) is 0.0833. The van der Waals surface area contributed by atoms with E-state index in [-0.39, 0.29) is 11.1 Å². The number of pyridine rings is 1. The first-order chi connectivity index (χ1) is 7.98. The van der Waals surface area contributed by atoms with Crippen LogP contribution in [-0.4, -0.2) is 4.98 Å². The van der Waals surface area contributed by atoms with Crippen molar-refractivity contribution in [3.05, 3.63) is 54.1 Å². The molecule has 0 N–H and O–H groups in total. The molecular formula is C12H7F4N. The summed E-state index contributed by atoms with van der Waals surface area (Å²) in [5.41, 5.74) is -0.678. The van der Waals surface area contributed by atoms with Crippen LogP contribution in [0.1, 0.15) is 5.56 Å². The van der Waals surface area contributed by atoms with Crippen molar-refractivity contribution < 1.29 is 17.6 Å². The van der Waals surface area contributed by atoms with E-state index in [1.807, 2.05) is 0 Å². The Morgan fingerprint density at radius 1 is 1.00 bits per heavy atom. The highest BCUT2D eigenvalue weighted by atomic mass is 19.4. The van der Waals surface area contributed by atoms with Crippen LogP contribution in [0.5, 0.6) is 0 Å². The first-order valence-electron chi connectivity index (χ1n) is 4.75. The van der Waals surface area contributed by atoms with E-state index in [4.69, 9.17) is 0 Å². The molecule has 2 rings (SSSR count). The molecular weight excluding hydrogens is 234 g/mol. The highest BCUT2D eigenvalue weighted by molar-refractivity contribution is 5.63. The summed E-state index contributed by atoms with van der Waals surface area (Å²) in [6.07, 6.45) is -2.56. The van der Waals surface area contributed by atoms with Crippen molar-refractivity contribution in [1.29, 1.82) is 0 Å². The van der Waals surface area contributed by atoms with Gasteiger partial charge in [0.2, 0.25) is 0 Å². The summed E-state index contributed by atoms with van der Waals surface area (Å²) in [4.78, 5) is 3.48. The largest absolute Gasteiger partial charge is 0.417 e. The first kappa shape index (κ1) is 11.6. The number of aromatic nitrogens is 1. The zero-order chi connectivity index (χ0) is 12.5. The topological polar surface area (TPSA) is 12.9 Å². The van der Waals surface area contributed by atoms with Crippen LogP contribution in [0, 0.1) is 5.82 Å². The van der Waals surface area contributed by atoms with E-state index in [1.165, 1.54) is 24.4 Å². The Labute approximate surface area is 94.7 Å². The molecule has 0 saturated heterocycles. The summed E-state index contributed by atoms with van der Waals surface area (Å²) in [5.74, 6) is -0.575. The molecule has 0 aliphatic rings. The molecule has 88 valence electrons. The highest BCUT2D eigenvalue weighted by Gasteiger charge is 2.31. The molecule has 5 heteroatoms. The van der Waals surface area contributed by atoms with Gasteiger partial charge in [0.05, 0.1) is 5.56 Å². The third-order valence-corrected chi connectivity index (χ3v) is 2.25. The van der Waals surface area contributed by atoms with Gasteiger partial charge in [-0.3, -0.25) is 4.98 Å². The van der Waals surface area contributed by atoms with Crippen molar-refractivity contribution in [2.24, 2.45) is 0 Å². The zero-order valence-electron chi connectivity index (χ0n) is 8.50. The molecule has 17 heavy (non-hydrogen) atoms. The Morgan fingerprint density at radius 3 is 2.35 bits per heavy atom. The van der Waals surface area contributed by atoms with E-state index in [0.717, 1.165) is 6.07 Å². The van der Waals surface area contributed by atoms with Crippen LogP contribution >= 0.6 is 0 Å². The van der Waals surface area contributed by atoms with Crippen molar-refractivity contribution >= 4 is 0 Å². The quantitative estimate of drug-likeness (QED) is 0.690. The Balaban J connectivity index is 2.51. The van der Waals surface area contributed by atoms with Gasteiger partial charge in [-0.2, -0.15) is 13.2 Å². The molecule has 0 unspecified atom stereocenters. The third-order valence-electron chi connectivity index (χ3n) is 2.25. The van der Waals surface area contributed by atoms with Crippen LogP contribution in [0.4, 0.5) is 17.6 Å². The van der Waals surface area contributed by atoms with E-state index >= 15 is 0 Å². The molecule has 0 atom stereocenters. The fourth-order valence-corrected chi connectivity index (χ4v) is 1.44. The van der Waals surface area contributed by atoms with Gasteiger partial charge in [-0.15, -0.1) is 0 Å². The lowest BCUT2D eigenvalue weighted by Crippen LogP contribution is -2.05. The third kappa shape index (κ3) is 2.43. The van der Waals surface area contributed by atoms with Gasteiger partial charge in [0.15, 0.2) is 0 Å². The van der Waals surface area contributed by atoms with Crippen molar-refractivity contribution in [2.75, 3.05) is 0 Å². The average molecular weight is 241 g/mol. The summed E-state index contributed by atoms with van der Waals surface area (Å²) in [6.45, 7) is 0. The molecule has 0 aliphatic heterocycles. The second-order valence-electron chi connectivity index (χ2n) is 3.44. The van der Waals surface area contributed by atoms with Crippen molar-refractivity contribution in [2.45, 2.75) is 6.18 Å². The van der Waals surface area contributed by atoms with Crippen LogP contribution in [-0.2, 0) is 6.18 Å². The molecule has 1 heterocycles. The minimum Gasteiger partial charge on any atom is -0.263 e. The Bertz CT molecular complexity index is 534. The van der Waals surface area contributed by atoms with E-state index in [2.05, 4.69) is 4.98 Å². The summed E-state index contributed by atoms with van der Waals surface area (Å²) < 4.78 is 50.7. The van der Waals surface area contributed by atoms with Crippen LogP contribution < -0.4 is 0 Å². The Kier molecular flexibility index (Phi) is 2.83. The smallest absolute Gasteiger partial charge is 0.263 e. The monoisotopic (exact) mass is 241 g/mol. The minimum atomic E-state index is -4.48.